The number of hydrogen-bond acceptors (Lipinski definition) is 5. The number of Topliss-reactive ketones (excluding diaryl/α,β-unsaturated/α-hetero) is 1. The molecule has 2 unspecified atom stereocenters. The first-order valence-corrected chi connectivity index (χ1v) is 8.59. The quantitative estimate of drug-likeness (QED) is 0.640. The Morgan fingerprint density at radius 1 is 1.25 bits per heavy atom. The van der Waals surface area contributed by atoms with Crippen LogP contribution in [0.25, 0.3) is 0 Å². The normalized spacial score (nSPS) is 13.4. The van der Waals surface area contributed by atoms with Gasteiger partial charge in [0.1, 0.15) is 0 Å². The van der Waals surface area contributed by atoms with E-state index in [2.05, 4.69) is 0 Å². The fraction of sp³-hybridized carbons (Fsp3) is 0.368. The number of benzene rings is 1. The molecule has 2 aromatic rings. The second-order valence-corrected chi connectivity index (χ2v) is 7.01. The van der Waals surface area contributed by atoms with Crippen LogP contribution in [0.5, 0.6) is 0 Å². The molecule has 0 spiro atoms. The van der Waals surface area contributed by atoms with Gasteiger partial charge in [-0.05, 0) is 42.7 Å². The second-order valence-electron chi connectivity index (χ2n) is 5.89. The van der Waals surface area contributed by atoms with Crippen molar-refractivity contribution in [1.82, 2.24) is 0 Å². The molecule has 1 aromatic heterocycles. The van der Waals surface area contributed by atoms with Gasteiger partial charge in [0.15, 0.2) is 5.78 Å². The highest BCUT2D eigenvalue weighted by molar-refractivity contribution is 7.14. The van der Waals surface area contributed by atoms with Crippen molar-refractivity contribution in [2.24, 2.45) is 5.92 Å². The van der Waals surface area contributed by atoms with E-state index < -0.39 is 5.92 Å². The van der Waals surface area contributed by atoms with Crippen LogP contribution < -0.4 is 0 Å². The van der Waals surface area contributed by atoms with E-state index in [4.69, 9.17) is 4.74 Å². The molecule has 0 aliphatic rings. The van der Waals surface area contributed by atoms with Gasteiger partial charge in [-0.15, -0.1) is 11.3 Å². The highest BCUT2D eigenvalue weighted by Crippen LogP contribution is 2.37. The molecule has 5 heteroatoms. The van der Waals surface area contributed by atoms with Crippen LogP contribution in [0, 0.1) is 12.8 Å². The lowest BCUT2D eigenvalue weighted by Gasteiger charge is -2.22. The number of aryl methyl sites for hydroxylation is 1. The van der Waals surface area contributed by atoms with Crippen LogP contribution >= 0.6 is 11.3 Å². The van der Waals surface area contributed by atoms with Crippen LogP contribution in [0.15, 0.2) is 30.3 Å². The van der Waals surface area contributed by atoms with Gasteiger partial charge in [-0.1, -0.05) is 25.1 Å². The van der Waals surface area contributed by atoms with Crippen LogP contribution in [0.3, 0.4) is 0 Å². The standard InChI is InChI=1S/C19H22O4S/c1-11-5-6-14(9-15(11)10-20)18(12(2)19(22)23-4)17-8-7-16(24-17)13(3)21/h5-9,12,18,20H,10H2,1-4H3. The minimum absolute atomic E-state index is 0.00988. The molecule has 128 valence electrons. The van der Waals surface area contributed by atoms with Crippen molar-refractivity contribution in [3.8, 4) is 0 Å². The van der Waals surface area contributed by atoms with Gasteiger partial charge in [0, 0.05) is 10.8 Å². The van der Waals surface area contributed by atoms with Crippen LogP contribution in [0.1, 0.15) is 51.0 Å². The van der Waals surface area contributed by atoms with E-state index in [9.17, 15) is 14.7 Å². The zero-order chi connectivity index (χ0) is 17.9. The first-order valence-electron chi connectivity index (χ1n) is 7.77. The molecular formula is C19H22O4S. The fourth-order valence-corrected chi connectivity index (χ4v) is 3.92. The topological polar surface area (TPSA) is 63.6 Å². The van der Waals surface area contributed by atoms with Gasteiger partial charge in [0.25, 0.3) is 0 Å². The lowest BCUT2D eigenvalue weighted by atomic mass is 9.84. The van der Waals surface area contributed by atoms with Crippen molar-refractivity contribution in [2.45, 2.75) is 33.3 Å². The molecule has 0 fully saturated rings. The predicted molar refractivity (Wildman–Crippen MR) is 94.4 cm³/mol. The number of rotatable bonds is 6. The van der Waals surface area contributed by atoms with E-state index in [0.29, 0.717) is 4.88 Å². The molecule has 1 N–H and O–H groups in total. The maximum atomic E-state index is 12.1. The molecule has 24 heavy (non-hydrogen) atoms. The van der Waals surface area contributed by atoms with E-state index in [-0.39, 0.29) is 24.3 Å². The molecule has 2 atom stereocenters. The molecule has 0 saturated heterocycles. The van der Waals surface area contributed by atoms with Crippen molar-refractivity contribution in [2.75, 3.05) is 7.11 Å². The number of aliphatic hydroxyl groups excluding tert-OH is 1. The summed E-state index contributed by atoms with van der Waals surface area (Å²) in [6.07, 6.45) is 0. The number of esters is 1. The summed E-state index contributed by atoms with van der Waals surface area (Å²) >= 11 is 1.40. The van der Waals surface area contributed by atoms with Crippen molar-refractivity contribution >= 4 is 23.1 Å². The average Bonchev–Trinajstić information content (AvgIpc) is 3.05. The molecule has 0 bridgehead atoms. The molecule has 2 rings (SSSR count). The maximum Gasteiger partial charge on any atom is 0.309 e. The molecule has 0 amide bonds. The van der Waals surface area contributed by atoms with Gasteiger partial charge in [0.05, 0.1) is 24.5 Å². The first-order chi connectivity index (χ1) is 11.4. The Kier molecular flexibility index (Phi) is 5.91. The summed E-state index contributed by atoms with van der Waals surface area (Å²) in [7, 11) is 1.37. The Balaban J connectivity index is 2.53. The Morgan fingerprint density at radius 2 is 1.96 bits per heavy atom. The van der Waals surface area contributed by atoms with Gasteiger partial charge in [-0.25, -0.2) is 0 Å². The molecular weight excluding hydrogens is 324 g/mol. The summed E-state index contributed by atoms with van der Waals surface area (Å²) in [5, 5.41) is 9.53. The molecule has 0 aliphatic carbocycles. The van der Waals surface area contributed by atoms with Crippen molar-refractivity contribution in [3.05, 3.63) is 56.8 Å². The number of thiophene rings is 1. The van der Waals surface area contributed by atoms with Crippen LogP contribution in [-0.4, -0.2) is 24.0 Å². The highest BCUT2D eigenvalue weighted by atomic mass is 32.1. The first kappa shape index (κ1) is 18.4. The zero-order valence-corrected chi connectivity index (χ0v) is 15.1. The van der Waals surface area contributed by atoms with E-state index >= 15 is 0 Å². The number of carbonyl (C=O) groups is 2. The highest BCUT2D eigenvalue weighted by Gasteiger charge is 2.29. The fourth-order valence-electron chi connectivity index (χ4n) is 2.79. The Bertz CT molecular complexity index is 748. The summed E-state index contributed by atoms with van der Waals surface area (Å²) in [5.41, 5.74) is 2.76. The van der Waals surface area contributed by atoms with Crippen LogP contribution in [0.2, 0.25) is 0 Å². The number of carbonyl (C=O) groups excluding carboxylic acids is 2. The Morgan fingerprint density at radius 3 is 2.50 bits per heavy atom. The molecule has 0 aliphatic heterocycles. The third kappa shape index (κ3) is 3.74. The predicted octanol–water partition coefficient (Wildman–Crippen LogP) is 3.69. The van der Waals surface area contributed by atoms with E-state index in [1.807, 2.05) is 38.1 Å². The molecule has 1 aromatic carbocycles. The van der Waals surface area contributed by atoms with Gasteiger partial charge >= 0.3 is 5.97 Å². The minimum Gasteiger partial charge on any atom is -0.469 e. The van der Waals surface area contributed by atoms with Crippen molar-refractivity contribution in [3.63, 3.8) is 0 Å². The maximum absolute atomic E-state index is 12.1. The monoisotopic (exact) mass is 346 g/mol. The number of aliphatic hydroxyl groups is 1. The summed E-state index contributed by atoms with van der Waals surface area (Å²) in [5.74, 6) is -0.913. The second kappa shape index (κ2) is 7.73. The summed E-state index contributed by atoms with van der Waals surface area (Å²) in [6, 6.07) is 9.51. The summed E-state index contributed by atoms with van der Waals surface area (Å²) < 4.78 is 4.92. The Hall–Kier alpha value is -1.98. The third-order valence-corrected chi connectivity index (χ3v) is 5.53. The smallest absolute Gasteiger partial charge is 0.309 e. The molecule has 1 heterocycles. The van der Waals surface area contributed by atoms with Gasteiger partial charge < -0.3 is 9.84 Å². The van der Waals surface area contributed by atoms with Crippen molar-refractivity contribution < 1.29 is 19.4 Å². The average molecular weight is 346 g/mol. The van der Waals surface area contributed by atoms with Gasteiger partial charge in [-0.2, -0.15) is 0 Å². The van der Waals surface area contributed by atoms with E-state index in [1.165, 1.54) is 25.4 Å². The SMILES string of the molecule is COC(=O)C(C)C(c1ccc(C)c(CO)c1)c1ccc(C(C)=O)s1. The van der Waals surface area contributed by atoms with E-state index in [1.54, 1.807) is 6.07 Å². The largest absolute Gasteiger partial charge is 0.469 e. The molecule has 4 nitrogen and oxygen atoms in total. The Labute approximate surface area is 146 Å². The minimum atomic E-state index is -0.400. The third-order valence-electron chi connectivity index (χ3n) is 4.26. The van der Waals surface area contributed by atoms with Crippen molar-refractivity contribution in [1.29, 1.82) is 0 Å². The van der Waals surface area contributed by atoms with Crippen LogP contribution in [0.4, 0.5) is 0 Å². The van der Waals surface area contributed by atoms with Gasteiger partial charge in [0.2, 0.25) is 0 Å². The lowest BCUT2D eigenvalue weighted by molar-refractivity contribution is -0.145. The molecule has 0 saturated carbocycles. The summed E-state index contributed by atoms with van der Waals surface area (Å²) in [6.45, 7) is 5.24. The number of methoxy groups -OCH3 is 1. The van der Waals surface area contributed by atoms with E-state index in [0.717, 1.165) is 21.6 Å². The lowest BCUT2D eigenvalue weighted by Crippen LogP contribution is -2.21. The number of ether oxygens (including phenoxy) is 1. The zero-order valence-electron chi connectivity index (χ0n) is 14.3. The van der Waals surface area contributed by atoms with Gasteiger partial charge in [-0.3, -0.25) is 9.59 Å². The number of ketones is 1. The number of hydrogen-bond donors (Lipinski definition) is 1. The molecule has 0 radical (unpaired) electrons. The summed E-state index contributed by atoms with van der Waals surface area (Å²) in [4.78, 5) is 25.3. The van der Waals surface area contributed by atoms with Crippen LogP contribution in [-0.2, 0) is 16.1 Å².